The van der Waals surface area contributed by atoms with Crippen LogP contribution in [0.15, 0.2) is 48.8 Å². The molecule has 1 saturated heterocycles. The Morgan fingerprint density at radius 1 is 1.09 bits per heavy atom. The maximum atomic E-state index is 5.97. The van der Waals surface area contributed by atoms with Crippen LogP contribution in [0.1, 0.15) is 18.4 Å². The van der Waals surface area contributed by atoms with Crippen molar-refractivity contribution in [2.75, 3.05) is 32.1 Å². The summed E-state index contributed by atoms with van der Waals surface area (Å²) < 4.78 is 13.7. The Hall–Kier alpha value is -2.35. The summed E-state index contributed by atoms with van der Waals surface area (Å²) >= 11 is 0. The number of pyridine rings is 1. The van der Waals surface area contributed by atoms with Gasteiger partial charge in [-0.1, -0.05) is 50.0 Å². The average molecular weight is 467 g/mol. The Labute approximate surface area is 198 Å². The fourth-order valence-corrected chi connectivity index (χ4v) is 5.11. The Morgan fingerprint density at radius 3 is 2.55 bits per heavy atom. The van der Waals surface area contributed by atoms with Crippen molar-refractivity contribution in [2.24, 2.45) is 0 Å². The van der Waals surface area contributed by atoms with Crippen molar-refractivity contribution in [3.63, 3.8) is 0 Å². The molecule has 4 rings (SSSR count). The number of hydrogen-bond donors (Lipinski definition) is 1. The minimum Gasteiger partial charge on any atom is -0.493 e. The van der Waals surface area contributed by atoms with Gasteiger partial charge in [0.2, 0.25) is 0 Å². The summed E-state index contributed by atoms with van der Waals surface area (Å²) in [7, 11) is 0.629. The van der Waals surface area contributed by atoms with Crippen LogP contribution in [-0.4, -0.2) is 55.4 Å². The zero-order valence-corrected chi connectivity index (χ0v) is 21.5. The highest BCUT2D eigenvalue weighted by Gasteiger charge is 2.22. The number of nitrogens with zero attached hydrogens (tertiary/aromatic N) is 3. The standard InChI is InChI=1S/C26H38N4O2Si/c1-31-24-18-27-26-23(12-15-30(26)20-32-16-17-33(2,3)4)25(24)28-22-10-13-29(14-11-22)19-21-8-6-5-7-9-21/h5-9,12,15,18,22H,10-11,13-14,16-17,19-20H2,1-4H3,(H,27,28). The molecule has 0 unspecified atom stereocenters. The molecule has 1 aliphatic heterocycles. The number of piperidine rings is 1. The number of anilines is 1. The van der Waals surface area contributed by atoms with Crippen molar-refractivity contribution in [3.05, 3.63) is 54.4 Å². The molecule has 33 heavy (non-hydrogen) atoms. The third-order valence-corrected chi connectivity index (χ3v) is 8.09. The van der Waals surface area contributed by atoms with Gasteiger partial charge >= 0.3 is 0 Å². The summed E-state index contributed by atoms with van der Waals surface area (Å²) in [6.45, 7) is 11.7. The van der Waals surface area contributed by atoms with E-state index in [9.17, 15) is 0 Å². The van der Waals surface area contributed by atoms with Crippen LogP contribution in [0, 0.1) is 0 Å². The Kier molecular flexibility index (Phi) is 7.73. The van der Waals surface area contributed by atoms with Gasteiger partial charge in [0.1, 0.15) is 12.4 Å². The van der Waals surface area contributed by atoms with E-state index in [1.54, 1.807) is 7.11 Å². The van der Waals surface area contributed by atoms with Crippen molar-refractivity contribution in [2.45, 2.75) is 57.8 Å². The first-order valence-corrected chi connectivity index (χ1v) is 15.8. The third kappa shape index (κ3) is 6.37. The quantitative estimate of drug-likeness (QED) is 0.319. The summed E-state index contributed by atoms with van der Waals surface area (Å²) in [5.41, 5.74) is 3.37. The van der Waals surface area contributed by atoms with Gasteiger partial charge in [-0.05, 0) is 30.5 Å². The van der Waals surface area contributed by atoms with Crippen LogP contribution in [-0.2, 0) is 18.0 Å². The van der Waals surface area contributed by atoms with Gasteiger partial charge in [-0.15, -0.1) is 0 Å². The SMILES string of the molecule is COc1cnc2c(ccn2COCC[Si](C)(C)C)c1NC1CCN(Cc2ccccc2)CC1. The predicted molar refractivity (Wildman–Crippen MR) is 139 cm³/mol. The maximum Gasteiger partial charge on any atom is 0.161 e. The van der Waals surface area contributed by atoms with Crippen molar-refractivity contribution >= 4 is 24.8 Å². The molecule has 178 valence electrons. The molecule has 0 amide bonds. The van der Waals surface area contributed by atoms with E-state index in [4.69, 9.17) is 9.47 Å². The second-order valence-electron chi connectivity index (χ2n) is 10.3. The van der Waals surface area contributed by atoms with E-state index in [2.05, 4.69) is 82.0 Å². The van der Waals surface area contributed by atoms with Gasteiger partial charge in [0, 0.05) is 51.9 Å². The lowest BCUT2D eigenvalue weighted by Crippen LogP contribution is -2.38. The zero-order chi connectivity index (χ0) is 23.3. The molecule has 2 aromatic heterocycles. The smallest absolute Gasteiger partial charge is 0.161 e. The molecule has 6 nitrogen and oxygen atoms in total. The number of hydrogen-bond acceptors (Lipinski definition) is 5. The summed E-state index contributed by atoms with van der Waals surface area (Å²) in [5, 5.41) is 4.88. The fraction of sp³-hybridized carbons (Fsp3) is 0.500. The van der Waals surface area contributed by atoms with E-state index in [-0.39, 0.29) is 0 Å². The first-order chi connectivity index (χ1) is 15.9. The summed E-state index contributed by atoms with van der Waals surface area (Å²) in [5.74, 6) is 0.798. The zero-order valence-electron chi connectivity index (χ0n) is 20.5. The van der Waals surface area contributed by atoms with Crippen LogP contribution >= 0.6 is 0 Å². The molecule has 7 heteroatoms. The molecule has 0 bridgehead atoms. The minimum absolute atomic E-state index is 0.424. The molecule has 0 spiro atoms. The molecule has 3 heterocycles. The average Bonchev–Trinajstić information content (AvgIpc) is 3.22. The lowest BCUT2D eigenvalue weighted by Gasteiger charge is -2.33. The van der Waals surface area contributed by atoms with Gasteiger partial charge in [-0.25, -0.2) is 4.98 Å². The molecule has 1 aliphatic rings. The molecule has 0 aliphatic carbocycles. The van der Waals surface area contributed by atoms with E-state index in [0.29, 0.717) is 12.8 Å². The minimum atomic E-state index is -1.09. The van der Waals surface area contributed by atoms with Crippen molar-refractivity contribution in [1.82, 2.24) is 14.5 Å². The number of nitrogens with one attached hydrogen (secondary N) is 1. The molecule has 0 saturated carbocycles. The first-order valence-electron chi connectivity index (χ1n) is 12.1. The Balaban J connectivity index is 1.39. The lowest BCUT2D eigenvalue weighted by atomic mass is 10.0. The Morgan fingerprint density at radius 2 is 1.85 bits per heavy atom. The topological polar surface area (TPSA) is 51.6 Å². The number of rotatable bonds is 10. The normalized spacial score (nSPS) is 15.8. The van der Waals surface area contributed by atoms with E-state index in [0.717, 1.165) is 61.6 Å². The van der Waals surface area contributed by atoms with Crippen LogP contribution < -0.4 is 10.1 Å². The van der Waals surface area contributed by atoms with E-state index >= 15 is 0 Å². The van der Waals surface area contributed by atoms with E-state index in [1.165, 1.54) is 11.6 Å². The molecule has 1 N–H and O–H groups in total. The van der Waals surface area contributed by atoms with Gasteiger partial charge < -0.3 is 19.4 Å². The van der Waals surface area contributed by atoms with E-state index < -0.39 is 8.07 Å². The summed E-state index contributed by atoms with van der Waals surface area (Å²) in [6.07, 6.45) is 6.12. The fourth-order valence-electron chi connectivity index (χ4n) is 4.35. The highest BCUT2D eigenvalue weighted by molar-refractivity contribution is 6.76. The second-order valence-corrected chi connectivity index (χ2v) is 15.9. The number of likely N-dealkylation sites (tertiary alicyclic amines) is 1. The van der Waals surface area contributed by atoms with Crippen molar-refractivity contribution in [1.29, 1.82) is 0 Å². The number of fused-ring (bicyclic) bond motifs is 1. The molecular weight excluding hydrogens is 428 g/mol. The number of benzene rings is 1. The molecule has 1 aromatic carbocycles. The molecule has 1 fully saturated rings. The third-order valence-electron chi connectivity index (χ3n) is 6.39. The number of methoxy groups -OCH3 is 1. The molecular formula is C26H38N4O2Si. The highest BCUT2D eigenvalue weighted by Crippen LogP contribution is 2.34. The monoisotopic (exact) mass is 466 g/mol. The van der Waals surface area contributed by atoms with E-state index in [1.807, 2.05) is 6.20 Å². The highest BCUT2D eigenvalue weighted by atomic mass is 28.3. The summed E-state index contributed by atoms with van der Waals surface area (Å²) in [6, 6.07) is 14.5. The van der Waals surface area contributed by atoms with Gasteiger partial charge in [-0.2, -0.15) is 0 Å². The van der Waals surface area contributed by atoms with Crippen LogP contribution in [0.4, 0.5) is 5.69 Å². The maximum absolute atomic E-state index is 5.97. The largest absolute Gasteiger partial charge is 0.493 e. The molecule has 0 atom stereocenters. The molecule has 3 aromatic rings. The number of aromatic nitrogens is 2. The van der Waals surface area contributed by atoms with Gasteiger partial charge in [0.25, 0.3) is 0 Å². The lowest BCUT2D eigenvalue weighted by molar-refractivity contribution is 0.0899. The van der Waals surface area contributed by atoms with Crippen LogP contribution in [0.2, 0.25) is 25.7 Å². The predicted octanol–water partition coefficient (Wildman–Crippen LogP) is 5.43. The van der Waals surface area contributed by atoms with Crippen LogP contribution in [0.25, 0.3) is 11.0 Å². The van der Waals surface area contributed by atoms with Gasteiger partial charge in [-0.3, -0.25) is 4.90 Å². The molecule has 0 radical (unpaired) electrons. The second kappa shape index (κ2) is 10.7. The van der Waals surface area contributed by atoms with Crippen LogP contribution in [0.5, 0.6) is 5.75 Å². The Bertz CT molecular complexity index is 1020. The van der Waals surface area contributed by atoms with Gasteiger partial charge in [0.05, 0.1) is 19.0 Å². The van der Waals surface area contributed by atoms with Gasteiger partial charge in [0.15, 0.2) is 5.75 Å². The first kappa shape index (κ1) is 23.8. The summed E-state index contributed by atoms with van der Waals surface area (Å²) in [4.78, 5) is 7.21. The van der Waals surface area contributed by atoms with Crippen LogP contribution in [0.3, 0.4) is 0 Å². The number of ether oxygens (including phenoxy) is 2. The van der Waals surface area contributed by atoms with Crippen molar-refractivity contribution < 1.29 is 9.47 Å². The van der Waals surface area contributed by atoms with Crippen molar-refractivity contribution in [3.8, 4) is 5.75 Å².